The number of nitrogens with two attached hydrogens (primary N) is 1. The maximum atomic E-state index is 12.7. The summed E-state index contributed by atoms with van der Waals surface area (Å²) in [6.07, 6.45) is 0. The van der Waals surface area contributed by atoms with Crippen LogP contribution in [0.5, 0.6) is 11.5 Å². The van der Waals surface area contributed by atoms with Crippen molar-refractivity contribution in [3.63, 3.8) is 0 Å². The molecule has 2 aromatic carbocycles. The molecule has 0 bridgehead atoms. The van der Waals surface area contributed by atoms with E-state index >= 15 is 0 Å². The normalized spacial score (nSPS) is 11.4. The molecule has 0 saturated heterocycles. The number of hydrogen-bond acceptors (Lipinski definition) is 3. The van der Waals surface area contributed by atoms with Crippen LogP contribution in [0.25, 0.3) is 0 Å². The Balaban J connectivity index is 0.00000242. The first-order chi connectivity index (χ1) is 10.2. The van der Waals surface area contributed by atoms with Gasteiger partial charge in [0, 0.05) is 0 Å². The van der Waals surface area contributed by atoms with Gasteiger partial charge in [0.2, 0.25) is 0 Å². The lowest BCUT2D eigenvalue weighted by Crippen LogP contribution is -2.12. The molecule has 0 aliphatic rings. The third-order valence-electron chi connectivity index (χ3n) is 3.10. The fourth-order valence-electron chi connectivity index (χ4n) is 1.97. The van der Waals surface area contributed by atoms with Crippen LogP contribution in [0.3, 0.4) is 0 Å². The van der Waals surface area contributed by atoms with Crippen LogP contribution in [0.15, 0.2) is 48.5 Å². The van der Waals surface area contributed by atoms with E-state index in [9.17, 15) is 4.39 Å². The third kappa shape index (κ3) is 4.90. The molecular formula is C17H21ClFNO2. The third-order valence-corrected chi connectivity index (χ3v) is 3.10. The molecule has 0 unspecified atom stereocenters. The highest BCUT2D eigenvalue weighted by Gasteiger charge is 2.11. The standard InChI is InChI=1S/C17H20FNO2.ClH/c1-2-20-17-10-14(15(19)11-18)8-9-16(17)21-12-13-6-4-3-5-7-13;/h3-10,15H,2,11-12,19H2,1H3;1H/t15-;/m0./s1. The first-order valence-corrected chi connectivity index (χ1v) is 6.99. The maximum Gasteiger partial charge on any atom is 0.161 e. The molecule has 1 atom stereocenters. The highest BCUT2D eigenvalue weighted by molar-refractivity contribution is 5.85. The monoisotopic (exact) mass is 325 g/mol. The second-order valence-electron chi connectivity index (χ2n) is 4.67. The lowest BCUT2D eigenvalue weighted by atomic mass is 10.1. The lowest BCUT2D eigenvalue weighted by Gasteiger charge is -2.15. The SMILES string of the molecule is CCOc1cc([C@@H](N)CF)ccc1OCc1ccccc1.Cl. The Morgan fingerprint density at radius 2 is 1.77 bits per heavy atom. The first kappa shape index (κ1) is 18.3. The molecule has 0 saturated carbocycles. The quantitative estimate of drug-likeness (QED) is 0.835. The van der Waals surface area contributed by atoms with Crippen molar-refractivity contribution in [2.75, 3.05) is 13.3 Å². The largest absolute Gasteiger partial charge is 0.490 e. The lowest BCUT2D eigenvalue weighted by molar-refractivity contribution is 0.269. The molecule has 22 heavy (non-hydrogen) atoms. The Labute approximate surface area is 136 Å². The Morgan fingerprint density at radius 3 is 2.41 bits per heavy atom. The molecule has 2 aromatic rings. The Kier molecular flexibility index (Phi) is 7.71. The van der Waals surface area contributed by atoms with Crippen LogP contribution in [0, 0.1) is 0 Å². The first-order valence-electron chi connectivity index (χ1n) is 6.99. The van der Waals surface area contributed by atoms with Crippen molar-refractivity contribution in [1.29, 1.82) is 0 Å². The molecule has 2 rings (SSSR count). The maximum absolute atomic E-state index is 12.7. The van der Waals surface area contributed by atoms with Crippen molar-refractivity contribution in [2.24, 2.45) is 5.73 Å². The minimum Gasteiger partial charge on any atom is -0.490 e. The van der Waals surface area contributed by atoms with Crippen molar-refractivity contribution in [3.8, 4) is 11.5 Å². The predicted molar refractivity (Wildman–Crippen MR) is 88.5 cm³/mol. The smallest absolute Gasteiger partial charge is 0.161 e. The fraction of sp³-hybridized carbons (Fsp3) is 0.294. The summed E-state index contributed by atoms with van der Waals surface area (Å²) in [5.74, 6) is 1.23. The zero-order chi connectivity index (χ0) is 15.1. The van der Waals surface area contributed by atoms with Gasteiger partial charge in [0.05, 0.1) is 12.6 Å². The summed E-state index contributed by atoms with van der Waals surface area (Å²) in [6, 6.07) is 14.5. The zero-order valence-corrected chi connectivity index (χ0v) is 13.3. The minimum atomic E-state index is -0.632. The molecule has 0 spiro atoms. The van der Waals surface area contributed by atoms with Gasteiger partial charge in [0.15, 0.2) is 11.5 Å². The number of benzene rings is 2. The highest BCUT2D eigenvalue weighted by atomic mass is 35.5. The number of ether oxygens (including phenoxy) is 2. The van der Waals surface area contributed by atoms with Crippen LogP contribution >= 0.6 is 12.4 Å². The van der Waals surface area contributed by atoms with Gasteiger partial charge in [0.25, 0.3) is 0 Å². The second-order valence-corrected chi connectivity index (χ2v) is 4.67. The molecule has 0 amide bonds. The number of alkyl halides is 1. The second kappa shape index (κ2) is 9.28. The Morgan fingerprint density at radius 1 is 1.05 bits per heavy atom. The average Bonchev–Trinajstić information content (AvgIpc) is 2.54. The van der Waals surface area contributed by atoms with E-state index in [0.717, 1.165) is 5.56 Å². The summed E-state index contributed by atoms with van der Waals surface area (Å²) in [4.78, 5) is 0. The number of hydrogen-bond donors (Lipinski definition) is 1. The van der Waals surface area contributed by atoms with Gasteiger partial charge in [-0.25, -0.2) is 4.39 Å². The molecule has 120 valence electrons. The predicted octanol–water partition coefficient (Wildman–Crippen LogP) is 4.06. The molecule has 5 heteroatoms. The molecular weight excluding hydrogens is 305 g/mol. The van der Waals surface area contributed by atoms with E-state index in [1.54, 1.807) is 18.2 Å². The topological polar surface area (TPSA) is 44.5 Å². The highest BCUT2D eigenvalue weighted by Crippen LogP contribution is 2.31. The molecule has 3 nitrogen and oxygen atoms in total. The average molecular weight is 326 g/mol. The molecule has 0 fully saturated rings. The van der Waals surface area contributed by atoms with Crippen LogP contribution < -0.4 is 15.2 Å². The van der Waals surface area contributed by atoms with Crippen molar-refractivity contribution < 1.29 is 13.9 Å². The number of halogens is 2. The van der Waals surface area contributed by atoms with Crippen LogP contribution in [-0.2, 0) is 6.61 Å². The Bertz CT molecular complexity index is 566. The van der Waals surface area contributed by atoms with Crippen LogP contribution in [0.1, 0.15) is 24.1 Å². The van der Waals surface area contributed by atoms with Crippen LogP contribution in [-0.4, -0.2) is 13.3 Å². The number of rotatable bonds is 7. The minimum absolute atomic E-state index is 0. The summed E-state index contributed by atoms with van der Waals surface area (Å²) in [6.45, 7) is 2.25. The van der Waals surface area contributed by atoms with Crippen molar-refractivity contribution in [3.05, 3.63) is 59.7 Å². The molecule has 0 aromatic heterocycles. The molecule has 0 radical (unpaired) electrons. The zero-order valence-electron chi connectivity index (χ0n) is 12.5. The van der Waals surface area contributed by atoms with Crippen molar-refractivity contribution in [1.82, 2.24) is 0 Å². The summed E-state index contributed by atoms with van der Waals surface area (Å²) >= 11 is 0. The van der Waals surface area contributed by atoms with E-state index in [2.05, 4.69) is 0 Å². The fourth-order valence-corrected chi connectivity index (χ4v) is 1.97. The summed E-state index contributed by atoms with van der Waals surface area (Å²) in [5.41, 5.74) is 7.48. The summed E-state index contributed by atoms with van der Waals surface area (Å²) in [5, 5.41) is 0. The van der Waals surface area contributed by atoms with E-state index in [-0.39, 0.29) is 12.4 Å². The van der Waals surface area contributed by atoms with E-state index in [0.29, 0.717) is 30.3 Å². The Hall–Kier alpha value is -1.78. The molecule has 0 aliphatic heterocycles. The van der Waals surface area contributed by atoms with Gasteiger partial charge < -0.3 is 15.2 Å². The van der Waals surface area contributed by atoms with E-state index in [1.807, 2.05) is 37.3 Å². The summed E-state index contributed by atoms with van der Waals surface area (Å²) < 4.78 is 24.0. The van der Waals surface area contributed by atoms with Crippen LogP contribution in [0.2, 0.25) is 0 Å². The summed E-state index contributed by atoms with van der Waals surface area (Å²) in [7, 11) is 0. The van der Waals surface area contributed by atoms with Gasteiger partial charge in [-0.3, -0.25) is 0 Å². The van der Waals surface area contributed by atoms with Crippen molar-refractivity contribution in [2.45, 2.75) is 19.6 Å². The van der Waals surface area contributed by atoms with Crippen molar-refractivity contribution >= 4 is 12.4 Å². The van der Waals surface area contributed by atoms with Crippen LogP contribution in [0.4, 0.5) is 4.39 Å². The van der Waals surface area contributed by atoms with Gasteiger partial charge in [-0.1, -0.05) is 36.4 Å². The van der Waals surface area contributed by atoms with Gasteiger partial charge >= 0.3 is 0 Å². The van der Waals surface area contributed by atoms with Gasteiger partial charge in [-0.2, -0.15) is 0 Å². The van der Waals surface area contributed by atoms with E-state index in [1.165, 1.54) is 0 Å². The molecule has 0 heterocycles. The van der Waals surface area contributed by atoms with E-state index < -0.39 is 12.7 Å². The van der Waals surface area contributed by atoms with Gasteiger partial charge in [-0.15, -0.1) is 12.4 Å². The van der Waals surface area contributed by atoms with E-state index in [4.69, 9.17) is 15.2 Å². The van der Waals surface area contributed by atoms with Gasteiger partial charge in [0.1, 0.15) is 13.3 Å². The molecule has 0 aliphatic carbocycles. The van der Waals surface area contributed by atoms with Gasteiger partial charge in [-0.05, 0) is 30.2 Å². The molecule has 2 N–H and O–H groups in total.